The number of rotatable bonds is 2. The minimum atomic E-state index is -3.18. The zero-order chi connectivity index (χ0) is 10.9. The van der Waals surface area contributed by atoms with E-state index in [1.807, 2.05) is 26.0 Å². The molecule has 1 aromatic carbocycles. The SMILES string of the molecule is Cc1cc(NS(C)(=O)=O)cc(C)c1I. The number of hydrogen-bond donors (Lipinski definition) is 1. The topological polar surface area (TPSA) is 46.2 Å². The number of benzene rings is 1. The van der Waals surface area contributed by atoms with Gasteiger partial charge in [0.05, 0.1) is 6.26 Å². The van der Waals surface area contributed by atoms with Gasteiger partial charge in [-0.05, 0) is 59.7 Å². The zero-order valence-electron chi connectivity index (χ0n) is 8.26. The molecule has 78 valence electrons. The molecular formula is C9H12INO2S. The third-order valence-electron chi connectivity index (χ3n) is 1.74. The van der Waals surface area contributed by atoms with Gasteiger partial charge in [-0.25, -0.2) is 8.42 Å². The van der Waals surface area contributed by atoms with E-state index in [0.717, 1.165) is 17.4 Å². The molecule has 0 atom stereocenters. The van der Waals surface area contributed by atoms with Crippen molar-refractivity contribution in [3.63, 3.8) is 0 Å². The molecule has 0 aliphatic rings. The van der Waals surface area contributed by atoms with E-state index in [4.69, 9.17) is 0 Å². The molecule has 1 rings (SSSR count). The molecule has 14 heavy (non-hydrogen) atoms. The summed E-state index contributed by atoms with van der Waals surface area (Å²) >= 11 is 2.25. The van der Waals surface area contributed by atoms with Gasteiger partial charge >= 0.3 is 0 Å². The molecule has 0 saturated carbocycles. The lowest BCUT2D eigenvalue weighted by molar-refractivity contribution is 0.607. The third-order valence-corrected chi connectivity index (χ3v) is 4.05. The molecule has 0 aliphatic heterocycles. The normalized spacial score (nSPS) is 11.4. The first-order chi connectivity index (χ1) is 6.29. The largest absolute Gasteiger partial charge is 0.284 e. The summed E-state index contributed by atoms with van der Waals surface area (Å²) in [5, 5.41) is 0. The standard InChI is InChI=1S/C9H12INO2S/c1-6-4-8(11-14(3,12)13)5-7(2)9(6)10/h4-5,11H,1-3H3. The molecule has 5 heteroatoms. The highest BCUT2D eigenvalue weighted by atomic mass is 127. The van der Waals surface area contributed by atoms with Crippen molar-refractivity contribution >= 4 is 38.3 Å². The van der Waals surface area contributed by atoms with Crippen LogP contribution in [0.2, 0.25) is 0 Å². The smallest absolute Gasteiger partial charge is 0.229 e. The van der Waals surface area contributed by atoms with E-state index in [1.165, 1.54) is 3.57 Å². The van der Waals surface area contributed by atoms with E-state index >= 15 is 0 Å². The maximum Gasteiger partial charge on any atom is 0.229 e. The first-order valence-electron chi connectivity index (χ1n) is 4.04. The van der Waals surface area contributed by atoms with Crippen molar-refractivity contribution in [2.75, 3.05) is 11.0 Å². The van der Waals surface area contributed by atoms with Crippen LogP contribution in [0.25, 0.3) is 0 Å². The number of anilines is 1. The zero-order valence-corrected chi connectivity index (χ0v) is 11.2. The molecule has 0 bridgehead atoms. The lowest BCUT2D eigenvalue weighted by Crippen LogP contribution is -2.10. The second-order valence-corrected chi connectivity index (χ2v) is 6.13. The van der Waals surface area contributed by atoms with E-state index in [9.17, 15) is 8.42 Å². The molecule has 0 radical (unpaired) electrons. The van der Waals surface area contributed by atoms with Gasteiger partial charge in [0.2, 0.25) is 10.0 Å². The Morgan fingerprint density at radius 2 is 1.64 bits per heavy atom. The summed E-state index contributed by atoms with van der Waals surface area (Å²) in [4.78, 5) is 0. The highest BCUT2D eigenvalue weighted by molar-refractivity contribution is 14.1. The molecule has 1 N–H and O–H groups in total. The third kappa shape index (κ3) is 3.13. The van der Waals surface area contributed by atoms with Gasteiger partial charge < -0.3 is 0 Å². The summed E-state index contributed by atoms with van der Waals surface area (Å²) in [6.45, 7) is 3.92. The van der Waals surface area contributed by atoms with Gasteiger partial charge in [0, 0.05) is 9.26 Å². The number of nitrogens with one attached hydrogen (secondary N) is 1. The highest BCUT2D eigenvalue weighted by Gasteiger charge is 2.05. The molecule has 0 fully saturated rings. The Kier molecular flexibility index (Phi) is 3.41. The summed E-state index contributed by atoms with van der Waals surface area (Å²) in [5.74, 6) is 0. The van der Waals surface area contributed by atoms with E-state index in [2.05, 4.69) is 27.3 Å². The lowest BCUT2D eigenvalue weighted by atomic mass is 10.1. The van der Waals surface area contributed by atoms with Crippen molar-refractivity contribution in [1.82, 2.24) is 0 Å². The Morgan fingerprint density at radius 1 is 1.21 bits per heavy atom. The molecule has 0 saturated heterocycles. The average molecular weight is 325 g/mol. The van der Waals surface area contributed by atoms with Crippen LogP contribution in [-0.2, 0) is 10.0 Å². The number of aryl methyl sites for hydroxylation is 2. The fraction of sp³-hybridized carbons (Fsp3) is 0.333. The van der Waals surface area contributed by atoms with Gasteiger partial charge in [0.15, 0.2) is 0 Å². The Bertz CT molecular complexity index is 431. The van der Waals surface area contributed by atoms with E-state index in [-0.39, 0.29) is 0 Å². The summed E-state index contributed by atoms with van der Waals surface area (Å²) in [6, 6.07) is 3.66. The van der Waals surface area contributed by atoms with Crippen LogP contribution in [-0.4, -0.2) is 14.7 Å². The van der Waals surface area contributed by atoms with Gasteiger partial charge in [0.25, 0.3) is 0 Å². The number of hydrogen-bond acceptors (Lipinski definition) is 2. The molecule has 0 unspecified atom stereocenters. The highest BCUT2D eigenvalue weighted by Crippen LogP contribution is 2.21. The maximum absolute atomic E-state index is 11.0. The Hall–Kier alpha value is -0.300. The first-order valence-corrected chi connectivity index (χ1v) is 7.01. The van der Waals surface area contributed by atoms with E-state index in [0.29, 0.717) is 5.69 Å². The minimum Gasteiger partial charge on any atom is -0.284 e. The summed E-state index contributed by atoms with van der Waals surface area (Å²) < 4.78 is 25.6. The lowest BCUT2D eigenvalue weighted by Gasteiger charge is -2.08. The van der Waals surface area contributed by atoms with Crippen molar-refractivity contribution in [3.05, 3.63) is 26.8 Å². The van der Waals surface area contributed by atoms with Crippen LogP contribution >= 0.6 is 22.6 Å². The molecule has 0 aromatic heterocycles. The first kappa shape index (κ1) is 11.8. The van der Waals surface area contributed by atoms with Gasteiger partial charge in [0.1, 0.15) is 0 Å². The van der Waals surface area contributed by atoms with Crippen molar-refractivity contribution in [1.29, 1.82) is 0 Å². The predicted molar refractivity (Wildman–Crippen MR) is 67.1 cm³/mol. The fourth-order valence-electron chi connectivity index (χ4n) is 1.22. The summed E-state index contributed by atoms with van der Waals surface area (Å²) in [6.07, 6.45) is 1.15. The number of sulfonamides is 1. The second kappa shape index (κ2) is 4.06. The van der Waals surface area contributed by atoms with Gasteiger partial charge in [-0.3, -0.25) is 4.72 Å². The van der Waals surface area contributed by atoms with Crippen molar-refractivity contribution in [3.8, 4) is 0 Å². The quantitative estimate of drug-likeness (QED) is 0.848. The Morgan fingerprint density at radius 3 is 2.00 bits per heavy atom. The average Bonchev–Trinajstić information content (AvgIpc) is 1.96. The molecule has 0 spiro atoms. The number of halogens is 1. The van der Waals surface area contributed by atoms with Crippen LogP contribution in [0.5, 0.6) is 0 Å². The van der Waals surface area contributed by atoms with Crippen LogP contribution in [0.1, 0.15) is 11.1 Å². The van der Waals surface area contributed by atoms with Crippen molar-refractivity contribution in [2.24, 2.45) is 0 Å². The van der Waals surface area contributed by atoms with E-state index in [1.54, 1.807) is 0 Å². The van der Waals surface area contributed by atoms with Crippen LogP contribution in [0.3, 0.4) is 0 Å². The van der Waals surface area contributed by atoms with Crippen molar-refractivity contribution in [2.45, 2.75) is 13.8 Å². The van der Waals surface area contributed by atoms with Gasteiger partial charge in [-0.15, -0.1) is 0 Å². The monoisotopic (exact) mass is 325 g/mol. The van der Waals surface area contributed by atoms with Gasteiger partial charge in [-0.1, -0.05) is 0 Å². The van der Waals surface area contributed by atoms with Crippen LogP contribution in [0.15, 0.2) is 12.1 Å². The molecule has 0 amide bonds. The van der Waals surface area contributed by atoms with Crippen LogP contribution in [0, 0.1) is 17.4 Å². The Labute approximate surface area is 98.1 Å². The van der Waals surface area contributed by atoms with Crippen molar-refractivity contribution < 1.29 is 8.42 Å². The Balaban J connectivity index is 3.14. The summed E-state index contributed by atoms with van der Waals surface area (Å²) in [7, 11) is -3.18. The fourth-order valence-corrected chi connectivity index (χ4v) is 2.08. The van der Waals surface area contributed by atoms with Gasteiger partial charge in [-0.2, -0.15) is 0 Å². The molecular weight excluding hydrogens is 313 g/mol. The predicted octanol–water partition coefficient (Wildman–Crippen LogP) is 2.28. The van der Waals surface area contributed by atoms with E-state index < -0.39 is 10.0 Å². The summed E-state index contributed by atoms with van der Waals surface area (Å²) in [5.41, 5.74) is 2.79. The molecule has 1 aromatic rings. The van der Waals surface area contributed by atoms with Crippen LogP contribution in [0.4, 0.5) is 5.69 Å². The minimum absolute atomic E-state index is 0.628. The maximum atomic E-state index is 11.0. The molecule has 3 nitrogen and oxygen atoms in total. The van der Waals surface area contributed by atoms with Crippen LogP contribution < -0.4 is 4.72 Å². The molecule has 0 aliphatic carbocycles. The molecule has 0 heterocycles. The second-order valence-electron chi connectivity index (χ2n) is 3.30.